The Balaban J connectivity index is 2.30. The Bertz CT molecular complexity index is 557. The molecule has 20 heavy (non-hydrogen) atoms. The van der Waals surface area contributed by atoms with Crippen LogP contribution in [0.2, 0.25) is 0 Å². The lowest BCUT2D eigenvalue weighted by Gasteiger charge is -2.22. The number of hydrogen-bond acceptors (Lipinski definition) is 4. The average molecular weight is 298 g/mol. The Kier molecular flexibility index (Phi) is 4.67. The van der Waals surface area contributed by atoms with Gasteiger partial charge in [-0.2, -0.15) is 0 Å². The van der Waals surface area contributed by atoms with Crippen molar-refractivity contribution >= 4 is 15.7 Å². The van der Waals surface area contributed by atoms with Crippen LogP contribution in [-0.2, 0) is 10.0 Å². The third kappa shape index (κ3) is 3.13. The van der Waals surface area contributed by atoms with E-state index >= 15 is 0 Å². The zero-order valence-corrected chi connectivity index (χ0v) is 12.7. The fourth-order valence-corrected chi connectivity index (χ4v) is 3.88. The van der Waals surface area contributed by atoms with Gasteiger partial charge in [0, 0.05) is 25.6 Å². The first-order valence-electron chi connectivity index (χ1n) is 6.97. The fraction of sp³-hybridized carbons (Fsp3) is 0.571. The molecule has 2 unspecified atom stereocenters. The number of rotatable bonds is 5. The van der Waals surface area contributed by atoms with Crippen molar-refractivity contribution in [2.24, 2.45) is 5.92 Å². The van der Waals surface area contributed by atoms with Crippen molar-refractivity contribution in [2.45, 2.75) is 31.3 Å². The third-order valence-electron chi connectivity index (χ3n) is 3.74. The molecule has 0 amide bonds. The second-order valence-electron chi connectivity index (χ2n) is 5.20. The first-order valence-corrected chi connectivity index (χ1v) is 8.45. The van der Waals surface area contributed by atoms with Crippen LogP contribution in [0.25, 0.3) is 0 Å². The molecule has 2 rings (SSSR count). The second-order valence-corrected chi connectivity index (χ2v) is 6.94. The van der Waals surface area contributed by atoms with Gasteiger partial charge in [0.15, 0.2) is 0 Å². The van der Waals surface area contributed by atoms with Crippen molar-refractivity contribution in [1.29, 1.82) is 0 Å². The maximum atomic E-state index is 12.2. The molecule has 1 saturated heterocycles. The number of hydrogen-bond donors (Lipinski definition) is 2. The van der Waals surface area contributed by atoms with Crippen LogP contribution < -0.4 is 9.62 Å². The molecule has 0 saturated carbocycles. The van der Waals surface area contributed by atoms with Gasteiger partial charge >= 0.3 is 0 Å². The number of aliphatic hydroxyl groups is 1. The van der Waals surface area contributed by atoms with Gasteiger partial charge in [0.2, 0.25) is 10.0 Å². The predicted octanol–water partition coefficient (Wildman–Crippen LogP) is 1.19. The van der Waals surface area contributed by atoms with E-state index in [1.54, 1.807) is 26.0 Å². The first kappa shape index (κ1) is 15.3. The molecule has 5 nitrogen and oxygen atoms in total. The Morgan fingerprint density at radius 1 is 1.45 bits per heavy atom. The van der Waals surface area contributed by atoms with Gasteiger partial charge in [-0.3, -0.25) is 0 Å². The first-order chi connectivity index (χ1) is 9.45. The van der Waals surface area contributed by atoms with Gasteiger partial charge in [0.1, 0.15) is 4.90 Å². The van der Waals surface area contributed by atoms with Crippen molar-refractivity contribution in [3.8, 4) is 0 Å². The standard InChI is InChI=1S/C14H22N2O3S/c1-3-15-20(18,19)14-7-5-4-6-13(14)16-9-8-12(10-16)11(2)17/h4-7,11-12,15,17H,3,8-10H2,1-2H3. The monoisotopic (exact) mass is 298 g/mol. The minimum atomic E-state index is -3.47. The molecule has 0 aromatic heterocycles. The number of nitrogens with zero attached hydrogens (tertiary/aromatic N) is 1. The average Bonchev–Trinajstić information content (AvgIpc) is 2.88. The molecule has 2 N–H and O–H groups in total. The number of para-hydroxylation sites is 1. The lowest BCUT2D eigenvalue weighted by atomic mass is 10.0. The summed E-state index contributed by atoms with van der Waals surface area (Å²) in [5, 5.41) is 9.67. The minimum absolute atomic E-state index is 0.199. The van der Waals surface area contributed by atoms with E-state index in [2.05, 4.69) is 4.72 Å². The summed E-state index contributed by atoms with van der Waals surface area (Å²) < 4.78 is 27.0. The highest BCUT2D eigenvalue weighted by Crippen LogP contribution is 2.30. The van der Waals surface area contributed by atoms with Gasteiger partial charge in [0.05, 0.1) is 11.8 Å². The number of aliphatic hydroxyl groups excluding tert-OH is 1. The molecule has 2 atom stereocenters. The molecule has 0 aliphatic carbocycles. The highest BCUT2D eigenvalue weighted by atomic mass is 32.2. The van der Waals surface area contributed by atoms with E-state index in [1.165, 1.54) is 0 Å². The molecule has 112 valence electrons. The number of anilines is 1. The topological polar surface area (TPSA) is 69.6 Å². The van der Waals surface area contributed by atoms with Crippen LogP contribution in [-0.4, -0.2) is 39.3 Å². The normalized spacial score (nSPS) is 21.1. The van der Waals surface area contributed by atoms with E-state index in [9.17, 15) is 13.5 Å². The lowest BCUT2D eigenvalue weighted by molar-refractivity contribution is 0.136. The molecule has 0 spiro atoms. The van der Waals surface area contributed by atoms with Crippen LogP contribution in [0.5, 0.6) is 0 Å². The van der Waals surface area contributed by atoms with Crippen molar-refractivity contribution in [1.82, 2.24) is 4.72 Å². The van der Waals surface area contributed by atoms with Gasteiger partial charge in [0.25, 0.3) is 0 Å². The van der Waals surface area contributed by atoms with Crippen LogP contribution in [0, 0.1) is 5.92 Å². The van der Waals surface area contributed by atoms with E-state index in [-0.39, 0.29) is 12.0 Å². The van der Waals surface area contributed by atoms with E-state index in [4.69, 9.17) is 0 Å². The van der Waals surface area contributed by atoms with E-state index in [0.29, 0.717) is 18.0 Å². The smallest absolute Gasteiger partial charge is 0.242 e. The largest absolute Gasteiger partial charge is 0.393 e. The van der Waals surface area contributed by atoms with Gasteiger partial charge < -0.3 is 10.0 Å². The van der Waals surface area contributed by atoms with Crippen LogP contribution in [0.3, 0.4) is 0 Å². The lowest BCUT2D eigenvalue weighted by Crippen LogP contribution is -2.28. The molecular weight excluding hydrogens is 276 g/mol. The van der Waals surface area contributed by atoms with E-state index in [1.807, 2.05) is 17.0 Å². The van der Waals surface area contributed by atoms with Crippen molar-refractivity contribution < 1.29 is 13.5 Å². The zero-order chi connectivity index (χ0) is 14.8. The molecule has 1 fully saturated rings. The van der Waals surface area contributed by atoms with Gasteiger partial charge in [-0.25, -0.2) is 13.1 Å². The van der Waals surface area contributed by atoms with E-state index < -0.39 is 10.0 Å². The summed E-state index contributed by atoms with van der Waals surface area (Å²) in [6.45, 7) is 5.38. The van der Waals surface area contributed by atoms with Crippen LogP contribution in [0.1, 0.15) is 20.3 Å². The molecule has 1 aromatic carbocycles. The van der Waals surface area contributed by atoms with Crippen molar-refractivity contribution in [3.63, 3.8) is 0 Å². The molecule has 1 aliphatic heterocycles. The predicted molar refractivity (Wildman–Crippen MR) is 79.3 cm³/mol. The maximum absolute atomic E-state index is 12.2. The Hall–Kier alpha value is -1.11. The molecular formula is C14H22N2O3S. The Labute approximate surface area is 120 Å². The third-order valence-corrected chi connectivity index (χ3v) is 5.33. The highest BCUT2D eigenvalue weighted by molar-refractivity contribution is 7.89. The summed E-state index contributed by atoms with van der Waals surface area (Å²) in [5.41, 5.74) is 0.719. The van der Waals surface area contributed by atoms with Crippen LogP contribution in [0.4, 0.5) is 5.69 Å². The molecule has 0 bridgehead atoms. The summed E-state index contributed by atoms with van der Waals surface area (Å²) >= 11 is 0. The molecule has 0 radical (unpaired) electrons. The summed E-state index contributed by atoms with van der Waals surface area (Å²) in [5.74, 6) is 0.199. The molecule has 1 heterocycles. The summed E-state index contributed by atoms with van der Waals surface area (Å²) in [6.07, 6.45) is 0.519. The molecule has 6 heteroatoms. The quantitative estimate of drug-likeness (QED) is 0.857. The summed E-state index contributed by atoms with van der Waals surface area (Å²) in [7, 11) is -3.47. The Morgan fingerprint density at radius 3 is 2.75 bits per heavy atom. The van der Waals surface area contributed by atoms with Crippen molar-refractivity contribution in [2.75, 3.05) is 24.5 Å². The van der Waals surface area contributed by atoms with E-state index in [0.717, 1.165) is 18.7 Å². The molecule has 1 aromatic rings. The highest BCUT2D eigenvalue weighted by Gasteiger charge is 2.29. The molecule has 1 aliphatic rings. The SMILES string of the molecule is CCNS(=O)(=O)c1ccccc1N1CCC(C(C)O)C1. The zero-order valence-electron chi connectivity index (χ0n) is 11.9. The maximum Gasteiger partial charge on any atom is 0.242 e. The minimum Gasteiger partial charge on any atom is -0.393 e. The summed E-state index contributed by atoms with van der Waals surface area (Å²) in [4.78, 5) is 2.36. The van der Waals surface area contributed by atoms with Gasteiger partial charge in [-0.05, 0) is 25.5 Å². The summed E-state index contributed by atoms with van der Waals surface area (Å²) in [6, 6.07) is 7.03. The van der Waals surface area contributed by atoms with Crippen molar-refractivity contribution in [3.05, 3.63) is 24.3 Å². The van der Waals surface area contributed by atoms with Crippen LogP contribution in [0.15, 0.2) is 29.2 Å². The second kappa shape index (κ2) is 6.11. The van der Waals surface area contributed by atoms with Gasteiger partial charge in [-0.1, -0.05) is 19.1 Å². The Morgan fingerprint density at radius 2 is 2.15 bits per heavy atom. The van der Waals surface area contributed by atoms with Gasteiger partial charge in [-0.15, -0.1) is 0 Å². The van der Waals surface area contributed by atoms with Crippen LogP contribution >= 0.6 is 0 Å². The fourth-order valence-electron chi connectivity index (χ4n) is 2.61. The number of sulfonamides is 1. The number of benzene rings is 1. The number of nitrogens with one attached hydrogen (secondary N) is 1.